The van der Waals surface area contributed by atoms with Crippen LogP contribution in [0, 0.1) is 0 Å². The predicted octanol–water partition coefficient (Wildman–Crippen LogP) is 4.99. The first-order valence-corrected chi connectivity index (χ1v) is 7.17. The standard InChI is InChI=1S/C12H9BrClF5N2O/c13-6-3-7(12(17,18)19)9(8(14)4-6)20-10(22)21-2-1-11(15,16)5-21/h3-4H,1-2,5H2,(H,20,22). The van der Waals surface area contributed by atoms with E-state index in [1.54, 1.807) is 0 Å². The largest absolute Gasteiger partial charge is 0.418 e. The zero-order valence-corrected chi connectivity index (χ0v) is 13.1. The molecule has 2 rings (SSSR count). The highest BCUT2D eigenvalue weighted by Gasteiger charge is 2.41. The zero-order valence-electron chi connectivity index (χ0n) is 10.8. The van der Waals surface area contributed by atoms with E-state index in [1.807, 2.05) is 5.32 Å². The topological polar surface area (TPSA) is 32.3 Å². The van der Waals surface area contributed by atoms with Gasteiger partial charge in [-0.1, -0.05) is 27.5 Å². The van der Waals surface area contributed by atoms with Crippen molar-refractivity contribution in [1.82, 2.24) is 4.90 Å². The van der Waals surface area contributed by atoms with Gasteiger partial charge in [0.1, 0.15) is 0 Å². The first-order chi connectivity index (χ1) is 9.99. The van der Waals surface area contributed by atoms with Crippen molar-refractivity contribution in [3.05, 3.63) is 27.2 Å². The fourth-order valence-electron chi connectivity index (χ4n) is 2.02. The van der Waals surface area contributed by atoms with Gasteiger partial charge >= 0.3 is 12.2 Å². The molecule has 0 aromatic heterocycles. The summed E-state index contributed by atoms with van der Waals surface area (Å²) in [5, 5.41) is 1.63. The van der Waals surface area contributed by atoms with E-state index in [0.717, 1.165) is 11.0 Å². The maximum Gasteiger partial charge on any atom is 0.418 e. The highest BCUT2D eigenvalue weighted by atomic mass is 79.9. The minimum Gasteiger partial charge on any atom is -0.318 e. The van der Waals surface area contributed by atoms with Crippen LogP contribution in [0.2, 0.25) is 5.02 Å². The molecule has 3 nitrogen and oxygen atoms in total. The summed E-state index contributed by atoms with van der Waals surface area (Å²) in [7, 11) is 0. The van der Waals surface area contributed by atoms with Crippen molar-refractivity contribution < 1.29 is 26.7 Å². The van der Waals surface area contributed by atoms with Crippen molar-refractivity contribution >= 4 is 39.2 Å². The summed E-state index contributed by atoms with van der Waals surface area (Å²) in [6.45, 7) is -1.08. The minimum absolute atomic E-state index is 0.0792. The second-order valence-electron chi connectivity index (χ2n) is 4.77. The number of benzene rings is 1. The monoisotopic (exact) mass is 406 g/mol. The van der Waals surface area contributed by atoms with Crippen LogP contribution in [-0.4, -0.2) is 29.9 Å². The van der Waals surface area contributed by atoms with E-state index in [-0.39, 0.29) is 16.0 Å². The second-order valence-corrected chi connectivity index (χ2v) is 6.09. The molecule has 1 saturated heterocycles. The Labute approximate surface area is 135 Å². The first-order valence-electron chi connectivity index (χ1n) is 5.99. The van der Waals surface area contributed by atoms with Crippen LogP contribution >= 0.6 is 27.5 Å². The fraction of sp³-hybridized carbons (Fsp3) is 0.417. The van der Waals surface area contributed by atoms with Crippen LogP contribution in [0.4, 0.5) is 32.4 Å². The van der Waals surface area contributed by atoms with Crippen LogP contribution in [0.5, 0.6) is 0 Å². The molecule has 0 atom stereocenters. The number of rotatable bonds is 1. The fourth-order valence-corrected chi connectivity index (χ4v) is 2.88. The molecule has 122 valence electrons. The number of anilines is 1. The van der Waals surface area contributed by atoms with Crippen LogP contribution in [0.15, 0.2) is 16.6 Å². The zero-order chi connectivity index (χ0) is 16.7. The molecule has 1 aliphatic rings. The summed E-state index contributed by atoms with van der Waals surface area (Å²) >= 11 is 8.62. The molecule has 2 amide bonds. The van der Waals surface area contributed by atoms with Crippen molar-refractivity contribution in [2.45, 2.75) is 18.5 Å². The maximum atomic E-state index is 13.1. The summed E-state index contributed by atoms with van der Waals surface area (Å²) in [5.41, 5.74) is -1.82. The number of amides is 2. The van der Waals surface area contributed by atoms with E-state index >= 15 is 0 Å². The normalized spacial score (nSPS) is 17.7. The molecule has 22 heavy (non-hydrogen) atoms. The molecule has 1 fully saturated rings. The van der Waals surface area contributed by atoms with E-state index in [9.17, 15) is 26.7 Å². The lowest BCUT2D eigenvalue weighted by Gasteiger charge is -2.20. The number of likely N-dealkylation sites (tertiary alicyclic amines) is 1. The van der Waals surface area contributed by atoms with E-state index in [2.05, 4.69) is 15.9 Å². The molecule has 0 spiro atoms. The van der Waals surface area contributed by atoms with Crippen LogP contribution in [0.25, 0.3) is 0 Å². The molecule has 1 aromatic carbocycles. The molecule has 1 aliphatic heterocycles. The molecule has 0 radical (unpaired) electrons. The van der Waals surface area contributed by atoms with E-state index < -0.39 is 42.3 Å². The molecule has 0 aliphatic carbocycles. The van der Waals surface area contributed by atoms with Gasteiger partial charge in [-0.15, -0.1) is 0 Å². The molecule has 0 unspecified atom stereocenters. The molecule has 0 saturated carbocycles. The Morgan fingerprint density at radius 2 is 2.00 bits per heavy atom. The Kier molecular flexibility index (Phi) is 4.59. The van der Waals surface area contributed by atoms with Crippen LogP contribution < -0.4 is 5.32 Å². The molecule has 1 aromatic rings. The van der Waals surface area contributed by atoms with Crippen molar-refractivity contribution in [3.8, 4) is 0 Å². The first kappa shape index (κ1) is 17.3. The number of nitrogens with one attached hydrogen (secondary N) is 1. The SMILES string of the molecule is O=C(Nc1c(Cl)cc(Br)cc1C(F)(F)F)N1CCC(F)(F)C1. The third kappa shape index (κ3) is 3.81. The molecule has 1 N–H and O–H groups in total. The smallest absolute Gasteiger partial charge is 0.318 e. The highest BCUT2D eigenvalue weighted by molar-refractivity contribution is 9.10. The lowest BCUT2D eigenvalue weighted by molar-refractivity contribution is -0.137. The number of urea groups is 1. The average Bonchev–Trinajstić information content (AvgIpc) is 2.71. The van der Waals surface area contributed by atoms with E-state index in [0.29, 0.717) is 0 Å². The van der Waals surface area contributed by atoms with Gasteiger partial charge in [-0.3, -0.25) is 0 Å². The Bertz CT molecular complexity index is 608. The maximum absolute atomic E-state index is 13.1. The number of hydrogen-bond donors (Lipinski definition) is 1. The summed E-state index contributed by atoms with van der Waals surface area (Å²) in [4.78, 5) is 12.6. The highest BCUT2D eigenvalue weighted by Crippen LogP contribution is 2.41. The predicted molar refractivity (Wildman–Crippen MR) is 74.3 cm³/mol. The minimum atomic E-state index is -4.76. The third-order valence-corrected chi connectivity index (χ3v) is 3.81. The molecule has 10 heteroatoms. The summed E-state index contributed by atoms with van der Waals surface area (Å²) in [6.07, 6.45) is -5.29. The van der Waals surface area contributed by atoms with Gasteiger partial charge in [-0.25, -0.2) is 13.6 Å². The molecular weight excluding hydrogens is 398 g/mol. The molecular formula is C12H9BrClF5N2O. The van der Waals surface area contributed by atoms with Gasteiger partial charge < -0.3 is 10.2 Å². The van der Waals surface area contributed by atoms with Gasteiger partial charge in [0.25, 0.3) is 5.92 Å². The number of carbonyl (C=O) groups excluding carboxylic acids is 1. The van der Waals surface area contributed by atoms with Crippen molar-refractivity contribution in [2.75, 3.05) is 18.4 Å². The Morgan fingerprint density at radius 1 is 1.36 bits per heavy atom. The second kappa shape index (κ2) is 5.84. The van der Waals surface area contributed by atoms with Gasteiger partial charge in [-0.2, -0.15) is 13.2 Å². The Hall–Kier alpha value is -1.09. The van der Waals surface area contributed by atoms with Crippen molar-refractivity contribution in [2.24, 2.45) is 0 Å². The van der Waals surface area contributed by atoms with E-state index in [4.69, 9.17) is 11.6 Å². The van der Waals surface area contributed by atoms with Crippen molar-refractivity contribution in [1.29, 1.82) is 0 Å². The molecule has 0 bridgehead atoms. The lowest BCUT2D eigenvalue weighted by atomic mass is 10.1. The Morgan fingerprint density at radius 3 is 2.50 bits per heavy atom. The number of halogens is 7. The van der Waals surface area contributed by atoms with Gasteiger partial charge in [0, 0.05) is 17.4 Å². The third-order valence-electron chi connectivity index (χ3n) is 3.05. The summed E-state index contributed by atoms with van der Waals surface area (Å²) in [5.74, 6) is -3.03. The number of hydrogen-bond acceptors (Lipinski definition) is 1. The van der Waals surface area contributed by atoms with Gasteiger partial charge in [0.15, 0.2) is 0 Å². The Balaban J connectivity index is 2.28. The van der Waals surface area contributed by atoms with Gasteiger partial charge in [0.05, 0.1) is 22.8 Å². The van der Waals surface area contributed by atoms with Gasteiger partial charge in [-0.05, 0) is 12.1 Å². The van der Waals surface area contributed by atoms with Crippen molar-refractivity contribution in [3.63, 3.8) is 0 Å². The quantitative estimate of drug-likeness (QED) is 0.653. The van der Waals surface area contributed by atoms with Crippen LogP contribution in [0.3, 0.4) is 0 Å². The van der Waals surface area contributed by atoms with Crippen LogP contribution in [-0.2, 0) is 6.18 Å². The number of alkyl halides is 5. The number of carbonyl (C=O) groups is 1. The summed E-state index contributed by atoms with van der Waals surface area (Å²) in [6, 6.07) is 0.873. The van der Waals surface area contributed by atoms with E-state index in [1.165, 1.54) is 6.07 Å². The number of nitrogens with zero attached hydrogens (tertiary/aromatic N) is 1. The average molecular weight is 408 g/mol. The van der Waals surface area contributed by atoms with Gasteiger partial charge in [0.2, 0.25) is 0 Å². The molecule has 1 heterocycles. The summed E-state index contributed by atoms with van der Waals surface area (Å²) < 4.78 is 65.2. The van der Waals surface area contributed by atoms with Crippen LogP contribution in [0.1, 0.15) is 12.0 Å². The lowest BCUT2D eigenvalue weighted by Crippen LogP contribution is -2.35.